The van der Waals surface area contributed by atoms with Crippen molar-refractivity contribution in [1.82, 2.24) is 0 Å². The van der Waals surface area contributed by atoms with Crippen molar-refractivity contribution in [3.8, 4) is 0 Å². The second-order valence-corrected chi connectivity index (χ2v) is 4.96. The molecule has 1 saturated heterocycles. The number of alkyl halides is 1. The lowest BCUT2D eigenvalue weighted by atomic mass is 9.90. The lowest BCUT2D eigenvalue weighted by molar-refractivity contribution is -0.0863. The highest BCUT2D eigenvalue weighted by atomic mass is 79.9. The van der Waals surface area contributed by atoms with Gasteiger partial charge in [0.15, 0.2) is 6.29 Å². The molecule has 0 atom stereocenters. The van der Waals surface area contributed by atoms with Gasteiger partial charge in [0.05, 0.1) is 11.2 Å². The van der Waals surface area contributed by atoms with Crippen molar-refractivity contribution < 1.29 is 9.47 Å². The van der Waals surface area contributed by atoms with Crippen LogP contribution in [0.3, 0.4) is 0 Å². The third kappa shape index (κ3) is 1.83. The maximum absolute atomic E-state index is 5.75. The lowest BCUT2D eigenvalue weighted by Crippen LogP contribution is -2.41. The molecule has 1 fully saturated rings. The second kappa shape index (κ2) is 3.28. The van der Waals surface area contributed by atoms with Crippen LogP contribution in [0.2, 0.25) is 0 Å². The highest BCUT2D eigenvalue weighted by Crippen LogP contribution is 2.39. The molecule has 1 aliphatic rings. The molecular weight excluding hydrogens is 220 g/mol. The van der Waals surface area contributed by atoms with E-state index in [0.29, 0.717) is 0 Å². The van der Waals surface area contributed by atoms with Gasteiger partial charge < -0.3 is 9.47 Å². The molecule has 0 aromatic rings. The molecule has 1 rings (SSSR count). The van der Waals surface area contributed by atoms with Crippen molar-refractivity contribution in [2.24, 2.45) is 0 Å². The average Bonchev–Trinajstić information content (AvgIpc) is 2.02. The second-order valence-electron chi connectivity index (χ2n) is 4.16. The highest BCUT2D eigenvalue weighted by molar-refractivity contribution is 9.09. The summed E-state index contributed by atoms with van der Waals surface area (Å²) in [7, 11) is 0. The van der Waals surface area contributed by atoms with E-state index in [-0.39, 0.29) is 17.5 Å². The van der Waals surface area contributed by atoms with E-state index in [1.807, 2.05) is 0 Å². The van der Waals surface area contributed by atoms with Gasteiger partial charge in [-0.25, -0.2) is 0 Å². The van der Waals surface area contributed by atoms with E-state index < -0.39 is 0 Å². The van der Waals surface area contributed by atoms with E-state index in [1.54, 1.807) is 0 Å². The van der Waals surface area contributed by atoms with Gasteiger partial charge in [-0.15, -0.1) is 0 Å². The van der Waals surface area contributed by atoms with Crippen molar-refractivity contribution in [3.05, 3.63) is 0 Å². The third-order valence-corrected chi connectivity index (χ3v) is 3.10. The Morgan fingerprint density at radius 2 is 1.50 bits per heavy atom. The summed E-state index contributed by atoms with van der Waals surface area (Å²) in [5.41, 5.74) is -0.361. The fourth-order valence-corrected chi connectivity index (χ4v) is 1.55. The molecular formula is C9H17BrO2. The summed E-state index contributed by atoms with van der Waals surface area (Å²) in [5.74, 6) is 0. The number of hydrogen-bond donors (Lipinski definition) is 0. The van der Waals surface area contributed by atoms with E-state index in [0.717, 1.165) is 11.8 Å². The zero-order valence-electron chi connectivity index (χ0n) is 8.19. The molecule has 0 aromatic heterocycles. The molecule has 72 valence electrons. The van der Waals surface area contributed by atoms with Crippen LogP contribution in [0.5, 0.6) is 0 Å². The van der Waals surface area contributed by atoms with E-state index in [1.165, 1.54) is 0 Å². The molecule has 1 aliphatic heterocycles. The topological polar surface area (TPSA) is 18.5 Å². The summed E-state index contributed by atoms with van der Waals surface area (Å²) in [6, 6.07) is 0. The Balaban J connectivity index is 2.61. The van der Waals surface area contributed by atoms with Crippen LogP contribution < -0.4 is 0 Å². The van der Waals surface area contributed by atoms with Gasteiger partial charge in [0.1, 0.15) is 0 Å². The van der Waals surface area contributed by atoms with Gasteiger partial charge in [-0.05, 0) is 27.7 Å². The average molecular weight is 237 g/mol. The third-order valence-electron chi connectivity index (χ3n) is 2.65. The molecule has 0 bridgehead atoms. The summed E-state index contributed by atoms with van der Waals surface area (Å²) in [6.07, 6.45) is 0.863. The van der Waals surface area contributed by atoms with Crippen LogP contribution in [0.15, 0.2) is 0 Å². The van der Waals surface area contributed by atoms with Gasteiger partial charge in [0.2, 0.25) is 0 Å². The van der Waals surface area contributed by atoms with Crippen LogP contribution in [0, 0.1) is 0 Å². The van der Waals surface area contributed by atoms with Crippen LogP contribution in [0.1, 0.15) is 34.1 Å². The Bertz CT molecular complexity index is 150. The van der Waals surface area contributed by atoms with Gasteiger partial charge in [-0.2, -0.15) is 0 Å². The molecule has 0 aromatic carbocycles. The molecule has 12 heavy (non-hydrogen) atoms. The molecule has 0 aliphatic carbocycles. The minimum atomic E-state index is -0.181. The van der Waals surface area contributed by atoms with Crippen LogP contribution in [-0.2, 0) is 9.47 Å². The molecule has 0 unspecified atom stereocenters. The number of halogens is 1. The number of hydrogen-bond acceptors (Lipinski definition) is 2. The van der Waals surface area contributed by atoms with Gasteiger partial charge in [0, 0.05) is 11.8 Å². The molecule has 0 saturated carbocycles. The van der Waals surface area contributed by atoms with Crippen LogP contribution >= 0.6 is 15.9 Å². The minimum absolute atomic E-state index is 0.0469. The standard InChI is InChI=1S/C9H17BrO2/c1-8(2)9(3,4)12-7(11-8)5-6-10/h7H,5-6H2,1-4H3. The normalized spacial score (nSPS) is 27.8. The Kier molecular flexibility index (Phi) is 2.86. The van der Waals surface area contributed by atoms with E-state index in [2.05, 4.69) is 43.6 Å². The SMILES string of the molecule is CC1(C)OC(CCBr)OC1(C)C. The first kappa shape index (κ1) is 10.5. The largest absolute Gasteiger partial charge is 0.344 e. The summed E-state index contributed by atoms with van der Waals surface area (Å²) < 4.78 is 11.5. The first-order valence-electron chi connectivity index (χ1n) is 4.31. The van der Waals surface area contributed by atoms with Gasteiger partial charge in [0.25, 0.3) is 0 Å². The van der Waals surface area contributed by atoms with Crippen molar-refractivity contribution >= 4 is 15.9 Å². The smallest absolute Gasteiger partial charge is 0.160 e. The van der Waals surface area contributed by atoms with E-state index in [9.17, 15) is 0 Å². The maximum atomic E-state index is 5.75. The van der Waals surface area contributed by atoms with Crippen LogP contribution in [0.25, 0.3) is 0 Å². The van der Waals surface area contributed by atoms with Crippen molar-refractivity contribution in [2.75, 3.05) is 5.33 Å². The summed E-state index contributed by atoms with van der Waals surface area (Å²) in [6.45, 7) is 8.28. The summed E-state index contributed by atoms with van der Waals surface area (Å²) >= 11 is 3.37. The minimum Gasteiger partial charge on any atom is -0.344 e. The molecule has 0 N–H and O–H groups in total. The van der Waals surface area contributed by atoms with Crippen molar-refractivity contribution in [1.29, 1.82) is 0 Å². The molecule has 1 heterocycles. The quantitative estimate of drug-likeness (QED) is 0.687. The molecule has 0 spiro atoms. The molecule has 0 amide bonds. The number of rotatable bonds is 2. The van der Waals surface area contributed by atoms with Gasteiger partial charge in [-0.3, -0.25) is 0 Å². The summed E-state index contributed by atoms with van der Waals surface area (Å²) in [5, 5.41) is 0.920. The zero-order valence-corrected chi connectivity index (χ0v) is 9.77. The molecule has 2 nitrogen and oxygen atoms in total. The Hall–Kier alpha value is 0.400. The van der Waals surface area contributed by atoms with Crippen LogP contribution in [-0.4, -0.2) is 22.8 Å². The van der Waals surface area contributed by atoms with E-state index in [4.69, 9.17) is 9.47 Å². The molecule has 0 radical (unpaired) electrons. The van der Waals surface area contributed by atoms with E-state index >= 15 is 0 Å². The fraction of sp³-hybridized carbons (Fsp3) is 1.00. The number of ether oxygens (including phenoxy) is 2. The van der Waals surface area contributed by atoms with Crippen molar-refractivity contribution in [3.63, 3.8) is 0 Å². The fourth-order valence-electron chi connectivity index (χ4n) is 1.17. The Morgan fingerprint density at radius 3 is 1.83 bits per heavy atom. The molecule has 3 heteroatoms. The first-order chi connectivity index (χ1) is 5.39. The maximum Gasteiger partial charge on any atom is 0.160 e. The first-order valence-corrected chi connectivity index (χ1v) is 5.43. The monoisotopic (exact) mass is 236 g/mol. The highest BCUT2D eigenvalue weighted by Gasteiger charge is 2.48. The predicted octanol–water partition coefficient (Wildman–Crippen LogP) is 2.70. The van der Waals surface area contributed by atoms with Crippen LogP contribution in [0.4, 0.5) is 0 Å². The van der Waals surface area contributed by atoms with Crippen molar-refractivity contribution in [2.45, 2.75) is 51.6 Å². The summed E-state index contributed by atoms with van der Waals surface area (Å²) in [4.78, 5) is 0. The van der Waals surface area contributed by atoms with Gasteiger partial charge >= 0.3 is 0 Å². The zero-order chi connectivity index (χ0) is 9.41. The predicted molar refractivity (Wildman–Crippen MR) is 52.5 cm³/mol. The Morgan fingerprint density at radius 1 is 1.08 bits per heavy atom. The lowest BCUT2D eigenvalue weighted by Gasteiger charge is -2.30. The van der Waals surface area contributed by atoms with Gasteiger partial charge in [-0.1, -0.05) is 15.9 Å². The Labute approximate surface area is 82.7 Å².